The molecule has 0 atom stereocenters. The first kappa shape index (κ1) is 21.0. The van der Waals surface area contributed by atoms with Gasteiger partial charge in [-0.15, -0.1) is 0 Å². The van der Waals surface area contributed by atoms with Gasteiger partial charge >= 0.3 is 6.18 Å². The maximum Gasteiger partial charge on any atom is 0.420 e. The number of rotatable bonds is 4. The topological polar surface area (TPSA) is 172 Å². The Morgan fingerprint density at radius 3 is 2.11 bits per heavy atom. The Morgan fingerprint density at radius 1 is 1.00 bits per heavy atom. The molecule has 0 fully saturated rings. The van der Waals surface area contributed by atoms with E-state index in [-0.39, 0.29) is 16.3 Å². The predicted molar refractivity (Wildman–Crippen MR) is 96.4 cm³/mol. The summed E-state index contributed by atoms with van der Waals surface area (Å²) in [7, 11) is -3.94. The number of alkyl halides is 3. The van der Waals surface area contributed by atoms with Crippen LogP contribution in [0.3, 0.4) is 0 Å². The molecule has 8 N–H and O–H groups in total. The van der Waals surface area contributed by atoms with Gasteiger partial charge in [-0.05, 0) is 42.5 Å². The average Bonchev–Trinajstić information content (AvgIpc) is 2.54. The Hall–Kier alpha value is -3.32. The monoisotopic (exact) mass is 416 g/mol. The number of guanidine groups is 2. The molecular weight excluding hydrogens is 401 g/mol. The van der Waals surface area contributed by atoms with E-state index in [0.717, 1.165) is 18.2 Å². The maximum atomic E-state index is 13.4. The van der Waals surface area contributed by atoms with Gasteiger partial charge in [0.2, 0.25) is 16.0 Å². The second-order valence-corrected chi connectivity index (χ2v) is 6.86. The van der Waals surface area contributed by atoms with Crippen LogP contribution in [0.15, 0.2) is 57.3 Å². The summed E-state index contributed by atoms with van der Waals surface area (Å²) in [5.74, 6) is -1.40. The molecule has 150 valence electrons. The molecule has 0 aliphatic carbocycles. The van der Waals surface area contributed by atoms with Gasteiger partial charge in [-0.25, -0.2) is 18.5 Å². The van der Waals surface area contributed by atoms with Crippen molar-refractivity contribution in [3.8, 4) is 11.5 Å². The Labute approximate surface area is 157 Å². The van der Waals surface area contributed by atoms with Crippen LogP contribution in [-0.4, -0.2) is 20.3 Å². The van der Waals surface area contributed by atoms with Crippen LogP contribution >= 0.6 is 0 Å². The predicted octanol–water partition coefficient (Wildman–Crippen LogP) is 1.36. The normalized spacial score (nSPS) is 12.5. The standard InChI is InChI=1S/C15H15F3N6O3S/c16-15(17,18)11-7-8(23-14(21)24-13(19)20)1-6-12(11)27-9-2-4-10(5-3-9)28(22,25)26/h1-7H,(H2,22,25,26)(H6,19,20,21,23,24). The minimum Gasteiger partial charge on any atom is -0.457 e. The third-order valence-corrected chi connectivity index (χ3v) is 4.07. The lowest BCUT2D eigenvalue weighted by Crippen LogP contribution is -2.26. The van der Waals surface area contributed by atoms with Crippen molar-refractivity contribution in [3.05, 3.63) is 48.0 Å². The number of hydrogen-bond acceptors (Lipinski definition) is 4. The smallest absolute Gasteiger partial charge is 0.420 e. The minimum atomic E-state index is -4.77. The van der Waals surface area contributed by atoms with Crippen LogP contribution in [0.1, 0.15) is 5.56 Å². The zero-order chi connectivity index (χ0) is 21.1. The summed E-state index contributed by atoms with van der Waals surface area (Å²) < 4.78 is 67.8. The Kier molecular flexibility index (Phi) is 5.80. The lowest BCUT2D eigenvalue weighted by atomic mass is 10.1. The number of ether oxygens (including phenoxy) is 1. The second-order valence-electron chi connectivity index (χ2n) is 5.30. The van der Waals surface area contributed by atoms with Crippen molar-refractivity contribution in [2.24, 2.45) is 32.3 Å². The highest BCUT2D eigenvalue weighted by atomic mass is 32.2. The number of nitrogens with zero attached hydrogens (tertiary/aromatic N) is 2. The molecule has 0 saturated carbocycles. The molecule has 0 aromatic heterocycles. The summed E-state index contributed by atoms with van der Waals surface area (Å²) in [5.41, 5.74) is 14.3. The largest absolute Gasteiger partial charge is 0.457 e. The molecule has 2 aromatic carbocycles. The van der Waals surface area contributed by atoms with Gasteiger partial charge in [0.05, 0.1) is 10.6 Å². The first-order valence-corrected chi connectivity index (χ1v) is 8.86. The van der Waals surface area contributed by atoms with E-state index in [2.05, 4.69) is 9.98 Å². The number of hydrogen-bond donors (Lipinski definition) is 4. The van der Waals surface area contributed by atoms with E-state index in [1.807, 2.05) is 0 Å². The van der Waals surface area contributed by atoms with E-state index < -0.39 is 39.4 Å². The van der Waals surface area contributed by atoms with Crippen LogP contribution in [0.2, 0.25) is 0 Å². The zero-order valence-electron chi connectivity index (χ0n) is 14.0. The molecule has 0 heterocycles. The third-order valence-electron chi connectivity index (χ3n) is 3.14. The lowest BCUT2D eigenvalue weighted by molar-refractivity contribution is -0.138. The molecule has 0 radical (unpaired) electrons. The van der Waals surface area contributed by atoms with E-state index >= 15 is 0 Å². The fourth-order valence-corrected chi connectivity index (χ4v) is 2.53. The Balaban J connectivity index is 2.40. The summed E-state index contributed by atoms with van der Waals surface area (Å²) in [6.07, 6.45) is -4.77. The van der Waals surface area contributed by atoms with Crippen molar-refractivity contribution < 1.29 is 26.3 Å². The molecule has 0 unspecified atom stereocenters. The molecule has 0 aliphatic heterocycles. The summed E-state index contributed by atoms with van der Waals surface area (Å²) in [5, 5.41) is 4.96. The highest BCUT2D eigenvalue weighted by Crippen LogP contribution is 2.40. The molecular formula is C15H15F3N6O3S. The molecule has 0 saturated heterocycles. The number of nitrogens with two attached hydrogens (primary N) is 4. The van der Waals surface area contributed by atoms with Gasteiger partial charge in [0.15, 0.2) is 5.96 Å². The molecule has 0 bridgehead atoms. The maximum absolute atomic E-state index is 13.4. The van der Waals surface area contributed by atoms with Crippen molar-refractivity contribution in [2.45, 2.75) is 11.1 Å². The van der Waals surface area contributed by atoms with Crippen LogP contribution < -0.4 is 27.1 Å². The van der Waals surface area contributed by atoms with E-state index in [4.69, 9.17) is 27.1 Å². The molecule has 2 rings (SSSR count). The number of aliphatic imine (C=N–C) groups is 2. The van der Waals surface area contributed by atoms with Crippen LogP contribution in [-0.2, 0) is 16.2 Å². The Morgan fingerprint density at radius 2 is 1.61 bits per heavy atom. The summed E-state index contributed by atoms with van der Waals surface area (Å²) >= 11 is 0. The van der Waals surface area contributed by atoms with Crippen molar-refractivity contribution in [1.29, 1.82) is 0 Å². The fourth-order valence-electron chi connectivity index (χ4n) is 2.01. The summed E-state index contributed by atoms with van der Waals surface area (Å²) in [6, 6.07) is 7.48. The highest BCUT2D eigenvalue weighted by molar-refractivity contribution is 7.89. The first-order valence-electron chi connectivity index (χ1n) is 7.32. The van der Waals surface area contributed by atoms with Gasteiger partial charge in [0.25, 0.3) is 0 Å². The zero-order valence-corrected chi connectivity index (χ0v) is 14.8. The van der Waals surface area contributed by atoms with Crippen LogP contribution in [0.5, 0.6) is 11.5 Å². The summed E-state index contributed by atoms with van der Waals surface area (Å²) in [6.45, 7) is 0. The minimum absolute atomic E-state index is 0.0332. The van der Waals surface area contributed by atoms with Gasteiger partial charge < -0.3 is 21.9 Å². The van der Waals surface area contributed by atoms with Crippen molar-refractivity contribution in [3.63, 3.8) is 0 Å². The quantitative estimate of drug-likeness (QED) is 0.433. The highest BCUT2D eigenvalue weighted by Gasteiger charge is 2.35. The van der Waals surface area contributed by atoms with Crippen LogP contribution in [0.4, 0.5) is 18.9 Å². The van der Waals surface area contributed by atoms with Gasteiger partial charge in [-0.3, -0.25) is 0 Å². The number of sulfonamides is 1. The lowest BCUT2D eigenvalue weighted by Gasteiger charge is -2.14. The molecule has 28 heavy (non-hydrogen) atoms. The van der Waals surface area contributed by atoms with Crippen molar-refractivity contribution in [2.75, 3.05) is 0 Å². The van der Waals surface area contributed by atoms with Crippen molar-refractivity contribution in [1.82, 2.24) is 0 Å². The molecule has 9 nitrogen and oxygen atoms in total. The van der Waals surface area contributed by atoms with Gasteiger partial charge in [-0.1, -0.05) is 0 Å². The van der Waals surface area contributed by atoms with E-state index in [1.54, 1.807) is 0 Å². The van der Waals surface area contributed by atoms with E-state index in [1.165, 1.54) is 18.2 Å². The van der Waals surface area contributed by atoms with Gasteiger partial charge in [-0.2, -0.15) is 18.2 Å². The number of halogens is 3. The number of benzene rings is 2. The Bertz CT molecular complexity index is 1030. The molecule has 0 spiro atoms. The van der Waals surface area contributed by atoms with E-state index in [9.17, 15) is 21.6 Å². The SMILES string of the molecule is NC(N)=NC(N)=Nc1ccc(Oc2ccc(S(N)(=O)=O)cc2)c(C(F)(F)F)c1. The van der Waals surface area contributed by atoms with Crippen LogP contribution in [0, 0.1) is 0 Å². The average molecular weight is 416 g/mol. The summed E-state index contributed by atoms with van der Waals surface area (Å²) in [4.78, 5) is 6.87. The number of primary sulfonamides is 1. The molecule has 0 aliphatic rings. The van der Waals surface area contributed by atoms with Crippen LogP contribution in [0.25, 0.3) is 0 Å². The molecule has 13 heteroatoms. The van der Waals surface area contributed by atoms with Crippen molar-refractivity contribution >= 4 is 27.6 Å². The second kappa shape index (κ2) is 7.74. The molecule has 0 amide bonds. The third kappa shape index (κ3) is 5.59. The van der Waals surface area contributed by atoms with Gasteiger partial charge in [0.1, 0.15) is 17.1 Å². The van der Waals surface area contributed by atoms with Gasteiger partial charge in [0, 0.05) is 0 Å². The molecule has 2 aromatic rings. The fraction of sp³-hybridized carbons (Fsp3) is 0.0667. The van der Waals surface area contributed by atoms with E-state index in [0.29, 0.717) is 6.07 Å². The first-order chi connectivity index (χ1) is 12.9.